The summed E-state index contributed by atoms with van der Waals surface area (Å²) in [6, 6.07) is 0.252. The molecule has 3 atom stereocenters. The summed E-state index contributed by atoms with van der Waals surface area (Å²) >= 11 is 0. The second-order valence-electron chi connectivity index (χ2n) is 4.59. The van der Waals surface area contributed by atoms with E-state index in [9.17, 15) is 9.90 Å². The molecule has 3 N–H and O–H groups in total. The predicted octanol–water partition coefficient (Wildman–Crippen LogP) is 0.827. The van der Waals surface area contributed by atoms with Crippen LogP contribution in [0.15, 0.2) is 0 Å². The van der Waals surface area contributed by atoms with Crippen molar-refractivity contribution >= 4 is 5.97 Å². The summed E-state index contributed by atoms with van der Waals surface area (Å²) in [5, 5.41) is 15.9. The van der Waals surface area contributed by atoms with Gasteiger partial charge < -0.3 is 10.4 Å². The van der Waals surface area contributed by atoms with Crippen molar-refractivity contribution in [2.45, 2.75) is 45.2 Å². The third-order valence-corrected chi connectivity index (χ3v) is 3.49. The molecule has 0 aromatic carbocycles. The van der Waals surface area contributed by atoms with Gasteiger partial charge in [-0.15, -0.1) is 0 Å². The van der Waals surface area contributed by atoms with Crippen molar-refractivity contribution in [1.82, 2.24) is 10.6 Å². The van der Waals surface area contributed by atoms with Crippen LogP contribution >= 0.6 is 0 Å². The molecular weight excluding hydrogens is 192 g/mol. The SMILES string of the molecule is CCC(C)NC1(C(=O)O)CCNCC1C. The largest absolute Gasteiger partial charge is 0.480 e. The number of hydrogen-bond donors (Lipinski definition) is 3. The first-order chi connectivity index (χ1) is 7.03. The summed E-state index contributed by atoms with van der Waals surface area (Å²) in [5.74, 6) is -0.588. The maximum absolute atomic E-state index is 11.4. The molecule has 88 valence electrons. The van der Waals surface area contributed by atoms with E-state index in [1.807, 2.05) is 13.8 Å². The van der Waals surface area contributed by atoms with Crippen molar-refractivity contribution in [2.24, 2.45) is 5.92 Å². The molecule has 0 radical (unpaired) electrons. The average molecular weight is 214 g/mol. The van der Waals surface area contributed by atoms with Gasteiger partial charge in [-0.25, -0.2) is 0 Å². The highest BCUT2D eigenvalue weighted by atomic mass is 16.4. The molecule has 0 bridgehead atoms. The number of carboxylic acid groups (broad SMARTS) is 1. The number of piperidine rings is 1. The van der Waals surface area contributed by atoms with E-state index in [-0.39, 0.29) is 12.0 Å². The Kier molecular flexibility index (Phi) is 4.11. The Morgan fingerprint density at radius 1 is 1.73 bits per heavy atom. The van der Waals surface area contributed by atoms with Gasteiger partial charge in [0.05, 0.1) is 0 Å². The Balaban J connectivity index is 2.81. The van der Waals surface area contributed by atoms with Crippen molar-refractivity contribution < 1.29 is 9.90 Å². The highest BCUT2D eigenvalue weighted by Crippen LogP contribution is 2.25. The number of carboxylic acids is 1. The maximum atomic E-state index is 11.4. The van der Waals surface area contributed by atoms with Gasteiger partial charge in [-0.3, -0.25) is 10.1 Å². The molecule has 0 aliphatic carbocycles. The zero-order chi connectivity index (χ0) is 11.5. The van der Waals surface area contributed by atoms with E-state index < -0.39 is 11.5 Å². The van der Waals surface area contributed by atoms with Crippen molar-refractivity contribution in [3.05, 3.63) is 0 Å². The standard InChI is InChI=1S/C11H22N2O2/c1-4-9(3)13-11(10(14)15)5-6-12-7-8(11)2/h8-9,12-13H,4-7H2,1-3H3,(H,14,15). The van der Waals surface area contributed by atoms with Crippen molar-refractivity contribution in [3.8, 4) is 0 Å². The van der Waals surface area contributed by atoms with E-state index in [0.717, 1.165) is 19.5 Å². The summed E-state index contributed by atoms with van der Waals surface area (Å²) in [5.41, 5.74) is -0.735. The van der Waals surface area contributed by atoms with Gasteiger partial charge in [0.1, 0.15) is 5.54 Å². The van der Waals surface area contributed by atoms with E-state index in [1.54, 1.807) is 0 Å². The average Bonchev–Trinajstić information content (AvgIpc) is 2.21. The first kappa shape index (κ1) is 12.5. The Bertz CT molecular complexity index is 233. The number of aliphatic carboxylic acids is 1. The minimum Gasteiger partial charge on any atom is -0.480 e. The van der Waals surface area contributed by atoms with Crippen molar-refractivity contribution in [3.63, 3.8) is 0 Å². The smallest absolute Gasteiger partial charge is 0.324 e. The molecule has 1 aliphatic heterocycles. The van der Waals surface area contributed by atoms with Crippen molar-refractivity contribution in [1.29, 1.82) is 0 Å². The lowest BCUT2D eigenvalue weighted by Gasteiger charge is -2.41. The lowest BCUT2D eigenvalue weighted by molar-refractivity contribution is -0.149. The Morgan fingerprint density at radius 3 is 2.87 bits per heavy atom. The van der Waals surface area contributed by atoms with Crippen molar-refractivity contribution in [2.75, 3.05) is 13.1 Å². The first-order valence-electron chi connectivity index (χ1n) is 5.74. The minimum atomic E-state index is -0.735. The van der Waals surface area contributed by atoms with E-state index in [4.69, 9.17) is 0 Å². The van der Waals surface area contributed by atoms with Gasteiger partial charge >= 0.3 is 5.97 Å². The van der Waals surface area contributed by atoms with Gasteiger partial charge in [-0.2, -0.15) is 0 Å². The molecule has 0 amide bonds. The molecule has 1 rings (SSSR count). The van der Waals surface area contributed by atoms with Crippen LogP contribution in [0, 0.1) is 5.92 Å². The molecule has 0 spiro atoms. The second kappa shape index (κ2) is 4.94. The topological polar surface area (TPSA) is 61.4 Å². The highest BCUT2D eigenvalue weighted by molar-refractivity contribution is 5.79. The molecule has 4 heteroatoms. The third kappa shape index (κ3) is 2.49. The third-order valence-electron chi connectivity index (χ3n) is 3.49. The van der Waals surface area contributed by atoms with Gasteiger partial charge in [0.25, 0.3) is 0 Å². The fraction of sp³-hybridized carbons (Fsp3) is 0.909. The minimum absolute atomic E-state index is 0.123. The molecule has 0 saturated carbocycles. The first-order valence-corrected chi connectivity index (χ1v) is 5.74. The number of rotatable bonds is 4. The van der Waals surface area contributed by atoms with Crippen LogP contribution in [0.4, 0.5) is 0 Å². The second-order valence-corrected chi connectivity index (χ2v) is 4.59. The lowest BCUT2D eigenvalue weighted by Crippen LogP contribution is -2.64. The van der Waals surface area contributed by atoms with Crippen LogP contribution < -0.4 is 10.6 Å². The molecule has 0 aromatic rings. The zero-order valence-corrected chi connectivity index (χ0v) is 9.84. The van der Waals surface area contributed by atoms with Gasteiger partial charge in [0.15, 0.2) is 0 Å². The molecule has 3 unspecified atom stereocenters. The Labute approximate surface area is 91.4 Å². The fourth-order valence-electron chi connectivity index (χ4n) is 2.16. The van der Waals surface area contributed by atoms with Crippen LogP contribution in [-0.2, 0) is 4.79 Å². The zero-order valence-electron chi connectivity index (χ0n) is 9.84. The normalized spacial score (nSPS) is 33.7. The molecule has 1 fully saturated rings. The maximum Gasteiger partial charge on any atom is 0.324 e. The quantitative estimate of drug-likeness (QED) is 0.648. The van der Waals surface area contributed by atoms with Crippen LogP contribution in [0.5, 0.6) is 0 Å². The molecule has 1 aliphatic rings. The summed E-state index contributed by atoms with van der Waals surface area (Å²) in [7, 11) is 0. The van der Waals surface area contributed by atoms with Crippen LogP contribution in [-0.4, -0.2) is 35.7 Å². The highest BCUT2D eigenvalue weighted by Gasteiger charge is 2.45. The van der Waals surface area contributed by atoms with Gasteiger partial charge in [0.2, 0.25) is 0 Å². The van der Waals surface area contributed by atoms with E-state index >= 15 is 0 Å². The van der Waals surface area contributed by atoms with Crippen LogP contribution in [0.2, 0.25) is 0 Å². The number of nitrogens with one attached hydrogen (secondary N) is 2. The summed E-state index contributed by atoms with van der Waals surface area (Å²) in [4.78, 5) is 11.4. The molecule has 1 saturated heterocycles. The summed E-state index contributed by atoms with van der Waals surface area (Å²) in [6.07, 6.45) is 1.61. The fourth-order valence-corrected chi connectivity index (χ4v) is 2.16. The van der Waals surface area contributed by atoms with E-state index in [2.05, 4.69) is 17.6 Å². The Morgan fingerprint density at radius 2 is 2.40 bits per heavy atom. The summed E-state index contributed by atoms with van der Waals surface area (Å²) < 4.78 is 0. The van der Waals surface area contributed by atoms with Gasteiger partial charge in [0, 0.05) is 12.6 Å². The molecule has 0 aromatic heterocycles. The van der Waals surface area contributed by atoms with Gasteiger partial charge in [-0.05, 0) is 32.2 Å². The number of hydrogen-bond acceptors (Lipinski definition) is 3. The van der Waals surface area contributed by atoms with E-state index in [0.29, 0.717) is 6.42 Å². The van der Waals surface area contributed by atoms with Crippen LogP contribution in [0.1, 0.15) is 33.6 Å². The molecular formula is C11H22N2O2. The summed E-state index contributed by atoms with van der Waals surface area (Å²) in [6.45, 7) is 7.66. The van der Waals surface area contributed by atoms with Crippen LogP contribution in [0.3, 0.4) is 0 Å². The Hall–Kier alpha value is -0.610. The predicted molar refractivity (Wildman–Crippen MR) is 59.9 cm³/mol. The van der Waals surface area contributed by atoms with Crippen LogP contribution in [0.25, 0.3) is 0 Å². The van der Waals surface area contributed by atoms with Gasteiger partial charge in [-0.1, -0.05) is 13.8 Å². The molecule has 15 heavy (non-hydrogen) atoms. The number of carbonyl (C=O) groups is 1. The molecule has 1 heterocycles. The lowest BCUT2D eigenvalue weighted by atomic mass is 9.79. The van der Waals surface area contributed by atoms with E-state index in [1.165, 1.54) is 0 Å². The molecule has 4 nitrogen and oxygen atoms in total. The monoisotopic (exact) mass is 214 g/mol.